The SMILES string of the molecule is Cn1c(=O)c(C(=O)Cc2ccncc2)c(O)c2ccccc21. The Morgan fingerprint density at radius 1 is 1.18 bits per heavy atom. The number of benzene rings is 1. The van der Waals surface area contributed by atoms with Gasteiger partial charge in [-0.25, -0.2) is 0 Å². The number of para-hydroxylation sites is 1. The largest absolute Gasteiger partial charge is 0.506 e. The fourth-order valence-electron chi connectivity index (χ4n) is 2.51. The van der Waals surface area contributed by atoms with E-state index in [1.807, 2.05) is 0 Å². The van der Waals surface area contributed by atoms with E-state index >= 15 is 0 Å². The van der Waals surface area contributed by atoms with Crippen molar-refractivity contribution in [3.05, 3.63) is 70.3 Å². The van der Waals surface area contributed by atoms with Gasteiger partial charge in [-0.2, -0.15) is 0 Å². The molecule has 2 aromatic heterocycles. The minimum absolute atomic E-state index is 0.0453. The lowest BCUT2D eigenvalue weighted by Gasteiger charge is -2.11. The van der Waals surface area contributed by atoms with Gasteiger partial charge in [0.15, 0.2) is 5.78 Å². The van der Waals surface area contributed by atoms with E-state index in [0.717, 1.165) is 5.56 Å². The molecule has 5 nitrogen and oxygen atoms in total. The molecule has 0 spiro atoms. The number of hydrogen-bond acceptors (Lipinski definition) is 4. The third-order valence-electron chi connectivity index (χ3n) is 3.67. The van der Waals surface area contributed by atoms with E-state index in [-0.39, 0.29) is 17.7 Å². The maximum atomic E-state index is 12.5. The van der Waals surface area contributed by atoms with Crippen LogP contribution in [0, 0.1) is 0 Å². The number of fused-ring (bicyclic) bond motifs is 1. The van der Waals surface area contributed by atoms with Gasteiger partial charge in [-0.1, -0.05) is 12.1 Å². The van der Waals surface area contributed by atoms with Crippen molar-refractivity contribution in [2.24, 2.45) is 7.05 Å². The smallest absolute Gasteiger partial charge is 0.265 e. The fraction of sp³-hybridized carbons (Fsp3) is 0.118. The number of hydrogen-bond donors (Lipinski definition) is 1. The molecule has 1 aromatic carbocycles. The van der Waals surface area contributed by atoms with Gasteiger partial charge < -0.3 is 9.67 Å². The molecule has 1 N–H and O–H groups in total. The lowest BCUT2D eigenvalue weighted by molar-refractivity contribution is 0.0988. The van der Waals surface area contributed by atoms with E-state index in [4.69, 9.17) is 0 Å². The summed E-state index contributed by atoms with van der Waals surface area (Å²) < 4.78 is 1.38. The van der Waals surface area contributed by atoms with Crippen molar-refractivity contribution in [2.45, 2.75) is 6.42 Å². The second-order valence-electron chi connectivity index (χ2n) is 5.06. The molecule has 0 saturated heterocycles. The summed E-state index contributed by atoms with van der Waals surface area (Å²) in [5.41, 5.74) is 0.674. The first-order chi connectivity index (χ1) is 10.6. The van der Waals surface area contributed by atoms with Crippen LogP contribution >= 0.6 is 0 Å². The Hall–Kier alpha value is -2.95. The molecule has 0 radical (unpaired) electrons. The molecule has 0 aliphatic carbocycles. The topological polar surface area (TPSA) is 72.2 Å². The average Bonchev–Trinajstić information content (AvgIpc) is 2.54. The van der Waals surface area contributed by atoms with Gasteiger partial charge in [0, 0.05) is 31.2 Å². The third-order valence-corrected chi connectivity index (χ3v) is 3.67. The molecule has 0 fully saturated rings. The summed E-state index contributed by atoms with van der Waals surface area (Å²) in [5.74, 6) is -0.659. The summed E-state index contributed by atoms with van der Waals surface area (Å²) in [6.07, 6.45) is 3.21. The number of aryl methyl sites for hydroxylation is 1. The van der Waals surface area contributed by atoms with Crippen molar-refractivity contribution in [3.63, 3.8) is 0 Å². The molecule has 0 aliphatic rings. The van der Waals surface area contributed by atoms with Crippen molar-refractivity contribution in [2.75, 3.05) is 0 Å². The number of Topliss-reactive ketones (excluding diaryl/α,β-unsaturated/α-hetero) is 1. The highest BCUT2D eigenvalue weighted by atomic mass is 16.3. The van der Waals surface area contributed by atoms with Crippen LogP contribution in [0.2, 0.25) is 0 Å². The van der Waals surface area contributed by atoms with Gasteiger partial charge in [0.2, 0.25) is 0 Å². The van der Waals surface area contributed by atoms with Gasteiger partial charge >= 0.3 is 0 Å². The van der Waals surface area contributed by atoms with Gasteiger partial charge in [-0.3, -0.25) is 14.6 Å². The Kier molecular flexibility index (Phi) is 3.47. The molecule has 0 aliphatic heterocycles. The van der Waals surface area contributed by atoms with Crippen molar-refractivity contribution in [1.82, 2.24) is 9.55 Å². The number of rotatable bonds is 3. The highest BCUT2D eigenvalue weighted by Gasteiger charge is 2.20. The zero-order valence-electron chi connectivity index (χ0n) is 12.0. The molecular weight excluding hydrogens is 280 g/mol. The molecule has 110 valence electrons. The van der Waals surface area contributed by atoms with Gasteiger partial charge in [-0.05, 0) is 29.8 Å². The summed E-state index contributed by atoms with van der Waals surface area (Å²) in [5, 5.41) is 10.8. The van der Waals surface area contributed by atoms with E-state index in [1.54, 1.807) is 55.8 Å². The second kappa shape index (κ2) is 5.44. The molecule has 0 bridgehead atoms. The van der Waals surface area contributed by atoms with E-state index in [1.165, 1.54) is 4.57 Å². The molecule has 22 heavy (non-hydrogen) atoms. The minimum atomic E-state index is -0.491. The Morgan fingerprint density at radius 3 is 2.59 bits per heavy atom. The van der Waals surface area contributed by atoms with Crippen LogP contribution in [0.15, 0.2) is 53.6 Å². The monoisotopic (exact) mass is 294 g/mol. The maximum Gasteiger partial charge on any atom is 0.265 e. The normalized spacial score (nSPS) is 10.8. The first kappa shape index (κ1) is 14.0. The van der Waals surface area contributed by atoms with E-state index in [2.05, 4.69) is 4.98 Å². The van der Waals surface area contributed by atoms with Crippen molar-refractivity contribution in [1.29, 1.82) is 0 Å². The van der Waals surface area contributed by atoms with Gasteiger partial charge in [-0.15, -0.1) is 0 Å². The predicted molar refractivity (Wildman–Crippen MR) is 83.1 cm³/mol. The molecule has 0 atom stereocenters. The van der Waals surface area contributed by atoms with Crippen LogP contribution in [0.5, 0.6) is 5.75 Å². The Balaban J connectivity index is 2.15. The molecular formula is C17H14N2O3. The Bertz CT molecular complexity index is 914. The zero-order chi connectivity index (χ0) is 15.7. The van der Waals surface area contributed by atoms with Crippen LogP contribution < -0.4 is 5.56 Å². The molecule has 5 heteroatoms. The fourth-order valence-corrected chi connectivity index (χ4v) is 2.51. The number of ketones is 1. The standard InChI is InChI=1S/C17H14N2O3/c1-19-13-5-3-2-4-12(13)16(21)15(17(19)22)14(20)10-11-6-8-18-9-7-11/h2-9,21H,10H2,1H3. The van der Waals surface area contributed by atoms with Crippen LogP contribution in [0.3, 0.4) is 0 Å². The average molecular weight is 294 g/mol. The van der Waals surface area contributed by atoms with Gasteiger partial charge in [0.05, 0.1) is 5.52 Å². The van der Waals surface area contributed by atoms with Crippen molar-refractivity contribution in [3.8, 4) is 5.75 Å². The van der Waals surface area contributed by atoms with Crippen LogP contribution in [0.1, 0.15) is 15.9 Å². The Labute approximate surface area is 126 Å². The van der Waals surface area contributed by atoms with Gasteiger partial charge in [0.25, 0.3) is 5.56 Å². The van der Waals surface area contributed by atoms with Crippen LogP contribution in [-0.2, 0) is 13.5 Å². The lowest BCUT2D eigenvalue weighted by atomic mass is 10.0. The number of pyridine rings is 2. The quantitative estimate of drug-likeness (QED) is 0.751. The lowest BCUT2D eigenvalue weighted by Crippen LogP contribution is -2.25. The highest BCUT2D eigenvalue weighted by molar-refractivity contribution is 6.04. The first-order valence-corrected chi connectivity index (χ1v) is 6.82. The predicted octanol–water partition coefficient (Wildman–Crippen LogP) is 2.06. The summed E-state index contributed by atoms with van der Waals surface area (Å²) in [7, 11) is 1.59. The van der Waals surface area contributed by atoms with E-state index < -0.39 is 11.3 Å². The van der Waals surface area contributed by atoms with E-state index in [9.17, 15) is 14.7 Å². The van der Waals surface area contributed by atoms with Gasteiger partial charge in [0.1, 0.15) is 11.3 Å². The first-order valence-electron chi connectivity index (χ1n) is 6.82. The molecule has 3 aromatic rings. The maximum absolute atomic E-state index is 12.5. The zero-order valence-corrected chi connectivity index (χ0v) is 12.0. The molecule has 2 heterocycles. The molecule has 0 saturated carbocycles. The van der Waals surface area contributed by atoms with Crippen molar-refractivity contribution >= 4 is 16.7 Å². The van der Waals surface area contributed by atoms with Crippen molar-refractivity contribution < 1.29 is 9.90 Å². The number of carbonyl (C=O) groups excluding carboxylic acids is 1. The van der Waals surface area contributed by atoms with Crippen LogP contribution in [0.4, 0.5) is 0 Å². The summed E-state index contributed by atoms with van der Waals surface area (Å²) in [6, 6.07) is 10.4. The molecule has 3 rings (SSSR count). The molecule has 0 unspecified atom stereocenters. The summed E-state index contributed by atoms with van der Waals surface area (Å²) >= 11 is 0. The Morgan fingerprint density at radius 2 is 1.86 bits per heavy atom. The van der Waals surface area contributed by atoms with Crippen LogP contribution in [0.25, 0.3) is 10.9 Å². The highest BCUT2D eigenvalue weighted by Crippen LogP contribution is 2.26. The number of nitrogens with zero attached hydrogens (tertiary/aromatic N) is 2. The summed E-state index contributed by atoms with van der Waals surface area (Å²) in [6.45, 7) is 0. The van der Waals surface area contributed by atoms with E-state index in [0.29, 0.717) is 10.9 Å². The second-order valence-corrected chi connectivity index (χ2v) is 5.06. The summed E-state index contributed by atoms with van der Waals surface area (Å²) in [4.78, 5) is 28.8. The molecule has 0 amide bonds. The number of aromatic nitrogens is 2. The van der Waals surface area contributed by atoms with Crippen LogP contribution in [-0.4, -0.2) is 20.4 Å². The minimum Gasteiger partial charge on any atom is -0.506 e. The third kappa shape index (κ3) is 2.26. The number of aromatic hydroxyl groups is 1. The number of carbonyl (C=O) groups is 1.